The van der Waals surface area contributed by atoms with Gasteiger partial charge in [-0.3, -0.25) is 4.79 Å². The van der Waals surface area contributed by atoms with E-state index in [9.17, 15) is 4.79 Å². The highest BCUT2D eigenvalue weighted by atomic mass is 16.2. The Labute approximate surface area is 100.0 Å². The van der Waals surface area contributed by atoms with Crippen LogP contribution in [0.5, 0.6) is 0 Å². The van der Waals surface area contributed by atoms with E-state index in [0.29, 0.717) is 12.3 Å². The molecule has 0 rings (SSSR count). The van der Waals surface area contributed by atoms with Crippen molar-refractivity contribution >= 4 is 5.91 Å². The van der Waals surface area contributed by atoms with Crippen molar-refractivity contribution in [3.63, 3.8) is 0 Å². The fraction of sp³-hybridized carbons (Fsp3) is 0.917. The number of carbonyl (C=O) groups excluding carboxylic acids is 1. The molecule has 0 spiro atoms. The van der Waals surface area contributed by atoms with Gasteiger partial charge in [0.05, 0.1) is 0 Å². The largest absolute Gasteiger partial charge is 0.341 e. The van der Waals surface area contributed by atoms with Gasteiger partial charge in [0.25, 0.3) is 0 Å². The SMILES string of the molecule is CNCCC(=O)N(CCN(C)C)CC(C)C. The Bertz CT molecular complexity index is 193. The smallest absolute Gasteiger partial charge is 0.223 e. The average molecular weight is 229 g/mol. The lowest BCUT2D eigenvalue weighted by atomic mass is 10.2. The van der Waals surface area contributed by atoms with Crippen LogP contribution in [0.1, 0.15) is 20.3 Å². The van der Waals surface area contributed by atoms with Crippen molar-refractivity contribution < 1.29 is 4.79 Å². The van der Waals surface area contributed by atoms with E-state index >= 15 is 0 Å². The van der Waals surface area contributed by atoms with Crippen LogP contribution >= 0.6 is 0 Å². The molecule has 0 fully saturated rings. The zero-order valence-corrected chi connectivity index (χ0v) is 11.4. The Kier molecular flexibility index (Phi) is 8.21. The van der Waals surface area contributed by atoms with Gasteiger partial charge >= 0.3 is 0 Å². The second-order valence-electron chi connectivity index (χ2n) is 4.89. The van der Waals surface area contributed by atoms with E-state index in [0.717, 1.165) is 26.2 Å². The lowest BCUT2D eigenvalue weighted by Gasteiger charge is -2.26. The molecule has 0 bridgehead atoms. The van der Waals surface area contributed by atoms with E-state index in [1.807, 2.05) is 26.0 Å². The van der Waals surface area contributed by atoms with Crippen molar-refractivity contribution in [1.29, 1.82) is 0 Å². The van der Waals surface area contributed by atoms with Gasteiger partial charge in [-0.05, 0) is 27.1 Å². The topological polar surface area (TPSA) is 35.6 Å². The Morgan fingerprint density at radius 3 is 2.31 bits per heavy atom. The van der Waals surface area contributed by atoms with Crippen molar-refractivity contribution in [2.45, 2.75) is 20.3 Å². The molecule has 4 heteroatoms. The molecule has 1 N–H and O–H groups in total. The Hall–Kier alpha value is -0.610. The molecule has 0 unspecified atom stereocenters. The van der Waals surface area contributed by atoms with Crippen LogP contribution < -0.4 is 5.32 Å². The number of rotatable bonds is 8. The number of amides is 1. The maximum Gasteiger partial charge on any atom is 0.223 e. The van der Waals surface area contributed by atoms with E-state index in [4.69, 9.17) is 0 Å². The summed E-state index contributed by atoms with van der Waals surface area (Å²) in [5.74, 6) is 0.783. The number of nitrogens with one attached hydrogen (secondary N) is 1. The fourth-order valence-electron chi connectivity index (χ4n) is 1.47. The molecule has 1 amide bonds. The Morgan fingerprint density at radius 1 is 1.25 bits per heavy atom. The molecule has 0 saturated heterocycles. The highest BCUT2D eigenvalue weighted by molar-refractivity contribution is 5.76. The molecule has 0 aliphatic heterocycles. The summed E-state index contributed by atoms with van der Waals surface area (Å²) in [6.07, 6.45) is 0.594. The summed E-state index contributed by atoms with van der Waals surface area (Å²) in [4.78, 5) is 16.0. The molecular formula is C12H27N3O. The van der Waals surface area contributed by atoms with Crippen LogP contribution in [0.4, 0.5) is 0 Å². The summed E-state index contributed by atoms with van der Waals surface area (Å²) in [6, 6.07) is 0. The Balaban J connectivity index is 4.12. The van der Waals surface area contributed by atoms with Gasteiger partial charge in [-0.25, -0.2) is 0 Å². The quantitative estimate of drug-likeness (QED) is 0.663. The highest BCUT2D eigenvalue weighted by Gasteiger charge is 2.14. The minimum absolute atomic E-state index is 0.255. The fourth-order valence-corrected chi connectivity index (χ4v) is 1.47. The molecule has 96 valence electrons. The van der Waals surface area contributed by atoms with E-state index < -0.39 is 0 Å². The van der Waals surface area contributed by atoms with E-state index in [-0.39, 0.29) is 5.91 Å². The van der Waals surface area contributed by atoms with Gasteiger partial charge in [0.2, 0.25) is 5.91 Å². The molecular weight excluding hydrogens is 202 g/mol. The summed E-state index contributed by atoms with van der Waals surface area (Å²) in [5, 5.41) is 3.01. The van der Waals surface area contributed by atoms with Gasteiger partial charge in [-0.2, -0.15) is 0 Å². The third-order valence-corrected chi connectivity index (χ3v) is 2.34. The normalized spacial score (nSPS) is 11.2. The lowest BCUT2D eigenvalue weighted by molar-refractivity contribution is -0.131. The molecule has 0 radical (unpaired) electrons. The first-order chi connectivity index (χ1) is 7.47. The van der Waals surface area contributed by atoms with Gasteiger partial charge in [0.1, 0.15) is 0 Å². The first kappa shape index (κ1) is 15.4. The van der Waals surface area contributed by atoms with Crippen molar-refractivity contribution in [3.8, 4) is 0 Å². The monoisotopic (exact) mass is 229 g/mol. The van der Waals surface area contributed by atoms with E-state index in [2.05, 4.69) is 24.1 Å². The molecule has 0 heterocycles. The maximum atomic E-state index is 11.9. The van der Waals surface area contributed by atoms with Crippen LogP contribution in [-0.2, 0) is 4.79 Å². The number of hydrogen-bond acceptors (Lipinski definition) is 3. The molecule has 0 aliphatic carbocycles. The summed E-state index contributed by atoms with van der Waals surface area (Å²) < 4.78 is 0. The van der Waals surface area contributed by atoms with Crippen molar-refractivity contribution in [1.82, 2.24) is 15.1 Å². The van der Waals surface area contributed by atoms with E-state index in [1.165, 1.54) is 0 Å². The number of carbonyl (C=O) groups is 1. The van der Waals surface area contributed by atoms with Crippen molar-refractivity contribution in [2.75, 3.05) is 47.3 Å². The first-order valence-corrected chi connectivity index (χ1v) is 6.04. The summed E-state index contributed by atoms with van der Waals surface area (Å²) in [6.45, 7) is 7.67. The predicted molar refractivity (Wildman–Crippen MR) is 68.5 cm³/mol. The van der Waals surface area contributed by atoms with Crippen LogP contribution in [0.15, 0.2) is 0 Å². The van der Waals surface area contributed by atoms with Crippen LogP contribution in [0.2, 0.25) is 0 Å². The molecule has 0 aromatic rings. The number of hydrogen-bond donors (Lipinski definition) is 1. The molecule has 4 nitrogen and oxygen atoms in total. The zero-order chi connectivity index (χ0) is 12.6. The van der Waals surface area contributed by atoms with Gasteiger partial charge in [-0.1, -0.05) is 13.8 Å². The van der Waals surface area contributed by atoms with Gasteiger partial charge in [0, 0.05) is 32.6 Å². The minimum atomic E-state index is 0.255. The van der Waals surface area contributed by atoms with E-state index in [1.54, 1.807) is 0 Å². The van der Waals surface area contributed by atoms with Gasteiger partial charge in [-0.15, -0.1) is 0 Å². The third kappa shape index (κ3) is 7.65. The molecule has 0 aromatic heterocycles. The van der Waals surface area contributed by atoms with Gasteiger partial charge < -0.3 is 15.1 Å². The molecule has 16 heavy (non-hydrogen) atoms. The number of likely N-dealkylation sites (N-methyl/N-ethyl adjacent to an activating group) is 1. The van der Waals surface area contributed by atoms with Crippen LogP contribution in [0.3, 0.4) is 0 Å². The van der Waals surface area contributed by atoms with Crippen molar-refractivity contribution in [2.24, 2.45) is 5.92 Å². The highest BCUT2D eigenvalue weighted by Crippen LogP contribution is 2.01. The summed E-state index contributed by atoms with van der Waals surface area (Å²) >= 11 is 0. The van der Waals surface area contributed by atoms with Crippen LogP contribution in [0, 0.1) is 5.92 Å². The molecule has 0 aliphatic rings. The Morgan fingerprint density at radius 2 is 1.88 bits per heavy atom. The number of nitrogens with zero attached hydrogens (tertiary/aromatic N) is 2. The molecule has 0 aromatic carbocycles. The minimum Gasteiger partial charge on any atom is -0.341 e. The average Bonchev–Trinajstić information content (AvgIpc) is 2.19. The first-order valence-electron chi connectivity index (χ1n) is 6.04. The van der Waals surface area contributed by atoms with Crippen LogP contribution in [-0.4, -0.2) is 63.0 Å². The predicted octanol–water partition coefficient (Wildman–Crippen LogP) is 0.642. The second-order valence-corrected chi connectivity index (χ2v) is 4.89. The summed E-state index contributed by atoms with van der Waals surface area (Å²) in [7, 11) is 5.94. The zero-order valence-electron chi connectivity index (χ0n) is 11.4. The summed E-state index contributed by atoms with van der Waals surface area (Å²) in [5.41, 5.74) is 0. The van der Waals surface area contributed by atoms with Gasteiger partial charge in [0.15, 0.2) is 0 Å². The molecule has 0 saturated carbocycles. The second kappa shape index (κ2) is 8.53. The maximum absolute atomic E-state index is 11.9. The molecule has 0 atom stereocenters. The standard InChI is InChI=1S/C12H27N3O/c1-11(2)10-15(9-8-14(4)5)12(16)6-7-13-3/h11,13H,6-10H2,1-5H3. The van der Waals surface area contributed by atoms with Crippen molar-refractivity contribution in [3.05, 3.63) is 0 Å². The van der Waals surface area contributed by atoms with Crippen LogP contribution in [0.25, 0.3) is 0 Å². The lowest BCUT2D eigenvalue weighted by Crippen LogP contribution is -2.39. The third-order valence-electron chi connectivity index (χ3n) is 2.34.